The van der Waals surface area contributed by atoms with Gasteiger partial charge in [-0.05, 0) is 43.2 Å². The fraction of sp³-hybridized carbons (Fsp3) is 0.429. The molecule has 3 rings (SSSR count). The van der Waals surface area contributed by atoms with Gasteiger partial charge in [-0.25, -0.2) is 8.42 Å². The Morgan fingerprint density at radius 2 is 1.71 bits per heavy atom. The summed E-state index contributed by atoms with van der Waals surface area (Å²) in [5, 5.41) is 11.2. The Balaban J connectivity index is 1.76. The maximum Gasteiger partial charge on any atom is 0.271 e. The van der Waals surface area contributed by atoms with Crippen LogP contribution in [0.2, 0.25) is 0 Å². The maximum atomic E-state index is 13.2. The van der Waals surface area contributed by atoms with Gasteiger partial charge in [-0.2, -0.15) is 4.31 Å². The summed E-state index contributed by atoms with van der Waals surface area (Å²) in [5.74, 6) is 1.48. The average Bonchev–Trinajstić information content (AvgIpc) is 2.75. The van der Waals surface area contributed by atoms with Gasteiger partial charge in [-0.15, -0.1) is 0 Å². The largest absolute Gasteiger partial charge is 0.497 e. The Kier molecular flexibility index (Phi) is 6.83. The molecule has 1 heterocycles. The fourth-order valence-electron chi connectivity index (χ4n) is 3.70. The zero-order chi connectivity index (χ0) is 22.8. The van der Waals surface area contributed by atoms with E-state index in [1.54, 1.807) is 28.1 Å². The first-order chi connectivity index (χ1) is 14.7. The van der Waals surface area contributed by atoms with Crippen molar-refractivity contribution in [1.29, 1.82) is 0 Å². The molecule has 0 atom stereocenters. The Hall–Kier alpha value is -2.69. The van der Waals surface area contributed by atoms with Crippen molar-refractivity contribution in [2.75, 3.05) is 40.4 Å². The van der Waals surface area contributed by atoms with Crippen LogP contribution in [0.5, 0.6) is 11.5 Å². The van der Waals surface area contributed by atoms with Crippen molar-refractivity contribution in [1.82, 2.24) is 9.21 Å². The number of hydrogen-bond donors (Lipinski definition) is 0. The van der Waals surface area contributed by atoms with Crippen LogP contribution in [0.25, 0.3) is 0 Å². The number of piperazine rings is 1. The number of aryl methyl sites for hydroxylation is 1. The Bertz CT molecular complexity index is 1080. The van der Waals surface area contributed by atoms with Gasteiger partial charge < -0.3 is 9.47 Å². The SMILES string of the molecule is COc1ccc(OC)c(CN2CCN(S(=O)(=O)c3cc([N+](=O)[O-])cc(C)c3C)CC2)c1. The third kappa shape index (κ3) is 4.81. The van der Waals surface area contributed by atoms with Crippen molar-refractivity contribution in [3.05, 3.63) is 57.1 Å². The Labute approximate surface area is 182 Å². The average molecular weight is 450 g/mol. The number of nitro benzene ring substituents is 1. The third-order valence-corrected chi connectivity index (χ3v) is 7.67. The van der Waals surface area contributed by atoms with Crippen molar-refractivity contribution < 1.29 is 22.8 Å². The van der Waals surface area contributed by atoms with E-state index in [2.05, 4.69) is 4.90 Å². The van der Waals surface area contributed by atoms with Crippen molar-refractivity contribution in [3.63, 3.8) is 0 Å². The van der Waals surface area contributed by atoms with Crippen LogP contribution in [-0.2, 0) is 16.6 Å². The van der Waals surface area contributed by atoms with Gasteiger partial charge >= 0.3 is 0 Å². The van der Waals surface area contributed by atoms with Gasteiger partial charge in [0, 0.05) is 50.4 Å². The summed E-state index contributed by atoms with van der Waals surface area (Å²) >= 11 is 0. The highest BCUT2D eigenvalue weighted by atomic mass is 32.2. The first-order valence-corrected chi connectivity index (χ1v) is 11.3. The first kappa shape index (κ1) is 23.0. The molecule has 2 aromatic rings. The van der Waals surface area contributed by atoms with Crippen molar-refractivity contribution in [2.24, 2.45) is 0 Å². The molecule has 0 radical (unpaired) electrons. The molecule has 0 aliphatic carbocycles. The van der Waals surface area contributed by atoms with E-state index in [0.717, 1.165) is 23.1 Å². The molecule has 0 unspecified atom stereocenters. The molecule has 0 bridgehead atoms. The van der Waals surface area contributed by atoms with Gasteiger partial charge in [-0.1, -0.05) is 0 Å². The van der Waals surface area contributed by atoms with E-state index in [4.69, 9.17) is 9.47 Å². The smallest absolute Gasteiger partial charge is 0.271 e. The van der Waals surface area contributed by atoms with E-state index in [0.29, 0.717) is 43.9 Å². The lowest BCUT2D eigenvalue weighted by molar-refractivity contribution is -0.385. The molecule has 168 valence electrons. The number of benzene rings is 2. The van der Waals surface area contributed by atoms with E-state index < -0.39 is 14.9 Å². The fourth-order valence-corrected chi connectivity index (χ4v) is 5.44. The minimum atomic E-state index is -3.83. The van der Waals surface area contributed by atoms with Crippen LogP contribution in [0.4, 0.5) is 5.69 Å². The summed E-state index contributed by atoms with van der Waals surface area (Å²) in [6.45, 7) is 5.63. The Morgan fingerprint density at radius 1 is 1.03 bits per heavy atom. The zero-order valence-electron chi connectivity index (χ0n) is 18.1. The van der Waals surface area contributed by atoms with E-state index >= 15 is 0 Å². The highest BCUT2D eigenvalue weighted by molar-refractivity contribution is 7.89. The summed E-state index contributed by atoms with van der Waals surface area (Å²) in [4.78, 5) is 12.8. The monoisotopic (exact) mass is 449 g/mol. The van der Waals surface area contributed by atoms with Crippen molar-refractivity contribution >= 4 is 15.7 Å². The lowest BCUT2D eigenvalue weighted by Gasteiger charge is -2.34. The number of sulfonamides is 1. The molecule has 2 aromatic carbocycles. The molecule has 1 fully saturated rings. The number of hydrogen-bond acceptors (Lipinski definition) is 7. The standard InChI is InChI=1S/C21H27N3O6S/c1-15-11-18(24(25)26)13-21(16(15)2)31(27,28)23-9-7-22(8-10-23)14-17-12-19(29-3)5-6-20(17)30-4/h5-6,11-13H,7-10,14H2,1-4H3. The molecule has 0 N–H and O–H groups in total. The predicted molar refractivity (Wildman–Crippen MR) is 116 cm³/mol. The lowest BCUT2D eigenvalue weighted by Crippen LogP contribution is -2.48. The molecule has 0 saturated carbocycles. The van der Waals surface area contributed by atoms with Crippen LogP contribution in [0.1, 0.15) is 16.7 Å². The normalized spacial score (nSPS) is 15.6. The molecule has 1 aliphatic rings. The summed E-state index contributed by atoms with van der Waals surface area (Å²) in [6, 6.07) is 8.15. The molecule has 0 spiro atoms. The van der Waals surface area contributed by atoms with Crippen LogP contribution in [0.3, 0.4) is 0 Å². The lowest BCUT2D eigenvalue weighted by atomic mass is 10.1. The molecule has 1 saturated heterocycles. The molecular weight excluding hydrogens is 422 g/mol. The number of non-ortho nitro benzene ring substituents is 1. The maximum absolute atomic E-state index is 13.2. The minimum Gasteiger partial charge on any atom is -0.497 e. The van der Waals surface area contributed by atoms with Gasteiger partial charge in [0.25, 0.3) is 5.69 Å². The van der Waals surface area contributed by atoms with Crippen LogP contribution in [0.15, 0.2) is 35.2 Å². The van der Waals surface area contributed by atoms with Crippen molar-refractivity contribution in [3.8, 4) is 11.5 Å². The second kappa shape index (κ2) is 9.21. The number of nitrogens with zero attached hydrogens (tertiary/aromatic N) is 3. The molecule has 9 nitrogen and oxygen atoms in total. The van der Waals surface area contributed by atoms with E-state index in [1.165, 1.54) is 10.4 Å². The van der Waals surface area contributed by atoms with Crippen LogP contribution < -0.4 is 9.47 Å². The quantitative estimate of drug-likeness (QED) is 0.473. The highest BCUT2D eigenvalue weighted by Gasteiger charge is 2.31. The van der Waals surface area contributed by atoms with Gasteiger partial charge in [0.1, 0.15) is 11.5 Å². The number of nitro groups is 1. The molecule has 1 aliphatic heterocycles. The van der Waals surface area contributed by atoms with E-state index in [-0.39, 0.29) is 10.6 Å². The highest BCUT2D eigenvalue weighted by Crippen LogP contribution is 2.29. The van der Waals surface area contributed by atoms with E-state index in [9.17, 15) is 18.5 Å². The number of methoxy groups -OCH3 is 2. The zero-order valence-corrected chi connectivity index (χ0v) is 18.9. The second-order valence-electron chi connectivity index (χ2n) is 7.50. The molecular formula is C21H27N3O6S. The topological polar surface area (TPSA) is 102 Å². The van der Waals surface area contributed by atoms with E-state index in [1.807, 2.05) is 18.2 Å². The summed E-state index contributed by atoms with van der Waals surface area (Å²) in [7, 11) is -0.619. The van der Waals surface area contributed by atoms with Crippen LogP contribution >= 0.6 is 0 Å². The van der Waals surface area contributed by atoms with Gasteiger partial charge in [0.2, 0.25) is 10.0 Å². The van der Waals surface area contributed by atoms with Gasteiger partial charge in [-0.3, -0.25) is 15.0 Å². The van der Waals surface area contributed by atoms with Gasteiger partial charge in [0.15, 0.2) is 0 Å². The minimum absolute atomic E-state index is 0.00196. The molecule has 0 amide bonds. The molecule has 0 aromatic heterocycles. The van der Waals surface area contributed by atoms with Crippen molar-refractivity contribution in [2.45, 2.75) is 25.3 Å². The van der Waals surface area contributed by atoms with Crippen LogP contribution in [0, 0.1) is 24.0 Å². The number of ether oxygens (including phenoxy) is 2. The molecule has 10 heteroatoms. The Morgan fingerprint density at radius 3 is 2.29 bits per heavy atom. The summed E-state index contributed by atoms with van der Waals surface area (Å²) in [5.41, 5.74) is 1.86. The summed E-state index contributed by atoms with van der Waals surface area (Å²) < 4.78 is 38.6. The molecule has 31 heavy (non-hydrogen) atoms. The second-order valence-corrected chi connectivity index (χ2v) is 9.41. The predicted octanol–water partition coefficient (Wildman–Crippen LogP) is 2.74. The van der Waals surface area contributed by atoms with Crippen LogP contribution in [-0.4, -0.2) is 62.9 Å². The number of rotatable bonds is 7. The third-order valence-electron chi connectivity index (χ3n) is 5.65. The first-order valence-electron chi connectivity index (χ1n) is 9.86. The summed E-state index contributed by atoms with van der Waals surface area (Å²) in [6.07, 6.45) is 0. The van der Waals surface area contributed by atoms with Gasteiger partial charge in [0.05, 0.1) is 24.0 Å².